The largest absolute Gasteiger partial charge is 0.494 e. The number of imidazole rings is 1. The summed E-state index contributed by atoms with van der Waals surface area (Å²) in [5.41, 5.74) is 0.0304. The van der Waals surface area contributed by atoms with Crippen LogP contribution < -0.4 is 9.47 Å². The summed E-state index contributed by atoms with van der Waals surface area (Å²) in [6.07, 6.45) is 5.71. The van der Waals surface area contributed by atoms with Crippen LogP contribution in [0.25, 0.3) is 0 Å². The molecule has 0 spiro atoms. The lowest BCUT2D eigenvalue weighted by Gasteiger charge is -2.30. The maximum Gasteiger partial charge on any atom is 0.134 e. The number of aryl methyl sites for hydroxylation is 2. The molecule has 8 heteroatoms. The average Bonchev–Trinajstić information content (AvgIpc) is 3.24. The van der Waals surface area contributed by atoms with Gasteiger partial charge in [0.2, 0.25) is 0 Å². The van der Waals surface area contributed by atoms with Crippen LogP contribution in [-0.2, 0) is 24.2 Å². The van der Waals surface area contributed by atoms with Crippen molar-refractivity contribution in [2.75, 3.05) is 39.5 Å². The van der Waals surface area contributed by atoms with Gasteiger partial charge in [-0.25, -0.2) is 4.98 Å². The van der Waals surface area contributed by atoms with Gasteiger partial charge in [0.25, 0.3) is 0 Å². The van der Waals surface area contributed by atoms with Crippen molar-refractivity contribution in [3.05, 3.63) is 77.3 Å². The second-order valence-electron chi connectivity index (χ2n) is 8.97. The molecule has 35 heavy (non-hydrogen) atoms. The molecular weight excluding hydrogens is 466 g/mol. The van der Waals surface area contributed by atoms with Gasteiger partial charge in [0.15, 0.2) is 0 Å². The molecule has 0 bridgehead atoms. The number of aromatic nitrogens is 2. The fraction of sp³-hybridized carbons (Fsp3) is 0.444. The third kappa shape index (κ3) is 7.70. The van der Waals surface area contributed by atoms with E-state index in [0.29, 0.717) is 37.1 Å². The zero-order valence-electron chi connectivity index (χ0n) is 20.2. The Bertz CT molecular complexity index is 1060. The molecule has 1 fully saturated rings. The summed E-state index contributed by atoms with van der Waals surface area (Å²) >= 11 is 5.94. The Hall–Kier alpha value is -2.58. The quantitative estimate of drug-likeness (QED) is 0.399. The lowest BCUT2D eigenvalue weighted by molar-refractivity contribution is -0.0646. The number of aliphatic hydroxyl groups is 1. The average molecular weight is 500 g/mol. The highest BCUT2D eigenvalue weighted by molar-refractivity contribution is 6.30. The summed E-state index contributed by atoms with van der Waals surface area (Å²) in [6, 6.07) is 15.3. The topological polar surface area (TPSA) is 69.0 Å². The molecule has 1 aliphatic rings. The SMILES string of the molecule is CCc1nccn1CCCOc1cccc(CN2CCOC[C@@](O)(COc3ccc(Cl)cc3)C2)c1. The van der Waals surface area contributed by atoms with Gasteiger partial charge in [-0.2, -0.15) is 0 Å². The van der Waals surface area contributed by atoms with Gasteiger partial charge >= 0.3 is 0 Å². The fourth-order valence-corrected chi connectivity index (χ4v) is 4.37. The first-order chi connectivity index (χ1) is 17.0. The number of β-amino-alcohol motifs (C(OH)–C–C–N with tert-alkyl or cyclic N) is 1. The molecule has 2 aromatic carbocycles. The van der Waals surface area contributed by atoms with Crippen molar-refractivity contribution < 1.29 is 19.3 Å². The maximum atomic E-state index is 11.2. The summed E-state index contributed by atoms with van der Waals surface area (Å²) < 4.78 is 19.7. The Kier molecular flexibility index (Phi) is 9.04. The second kappa shape index (κ2) is 12.4. The fourth-order valence-electron chi connectivity index (χ4n) is 4.24. The lowest BCUT2D eigenvalue weighted by atomic mass is 10.1. The van der Waals surface area contributed by atoms with Crippen molar-refractivity contribution in [1.29, 1.82) is 0 Å². The van der Waals surface area contributed by atoms with E-state index in [-0.39, 0.29) is 13.2 Å². The first-order valence-electron chi connectivity index (χ1n) is 12.2. The third-order valence-corrected chi connectivity index (χ3v) is 6.25. The zero-order chi connectivity index (χ0) is 24.5. The minimum atomic E-state index is -1.10. The van der Waals surface area contributed by atoms with Crippen LogP contribution in [0.1, 0.15) is 24.7 Å². The molecule has 0 saturated carbocycles. The molecule has 4 rings (SSSR count). The van der Waals surface area contributed by atoms with Crippen molar-refractivity contribution in [3.63, 3.8) is 0 Å². The van der Waals surface area contributed by atoms with E-state index >= 15 is 0 Å². The first kappa shape index (κ1) is 25.5. The van der Waals surface area contributed by atoms with Gasteiger partial charge in [-0.05, 0) is 48.4 Å². The van der Waals surface area contributed by atoms with Crippen molar-refractivity contribution in [1.82, 2.24) is 14.5 Å². The predicted octanol–water partition coefficient (Wildman–Crippen LogP) is 4.21. The van der Waals surface area contributed by atoms with E-state index < -0.39 is 5.60 Å². The van der Waals surface area contributed by atoms with E-state index in [1.165, 1.54) is 0 Å². The first-order valence-corrected chi connectivity index (χ1v) is 12.5. The standard InChI is InChI=1S/C27H34ClN3O4/c1-2-26-29-11-13-31(26)12-4-15-34-25-6-3-5-22(17-25)18-30-14-16-33-20-27(32,19-30)21-35-24-9-7-23(28)8-10-24/h3,5-11,13,17,32H,2,4,12,14-16,18-21H2,1H3/t27-/m1/s1. The highest BCUT2D eigenvalue weighted by atomic mass is 35.5. The van der Waals surface area contributed by atoms with Crippen molar-refractivity contribution in [2.24, 2.45) is 0 Å². The molecule has 0 unspecified atom stereocenters. The van der Waals surface area contributed by atoms with E-state index in [1.54, 1.807) is 24.3 Å². The molecule has 1 atom stereocenters. The Labute approximate surface area is 212 Å². The van der Waals surface area contributed by atoms with Gasteiger partial charge in [-0.1, -0.05) is 30.7 Å². The summed E-state index contributed by atoms with van der Waals surface area (Å²) in [7, 11) is 0. The third-order valence-electron chi connectivity index (χ3n) is 6.00. The van der Waals surface area contributed by atoms with E-state index in [1.807, 2.05) is 24.5 Å². The Morgan fingerprint density at radius 3 is 2.83 bits per heavy atom. The highest BCUT2D eigenvalue weighted by Gasteiger charge is 2.33. The van der Waals surface area contributed by atoms with E-state index in [4.69, 9.17) is 25.8 Å². The molecule has 188 valence electrons. The second-order valence-corrected chi connectivity index (χ2v) is 9.41. The molecule has 7 nitrogen and oxygen atoms in total. The van der Waals surface area contributed by atoms with Crippen LogP contribution >= 0.6 is 11.6 Å². The van der Waals surface area contributed by atoms with Gasteiger partial charge in [0, 0.05) is 50.0 Å². The van der Waals surface area contributed by atoms with Crippen molar-refractivity contribution in [3.8, 4) is 11.5 Å². The molecule has 0 radical (unpaired) electrons. The van der Waals surface area contributed by atoms with Gasteiger partial charge in [-0.15, -0.1) is 0 Å². The Balaban J connectivity index is 1.28. The summed E-state index contributed by atoms with van der Waals surface area (Å²) in [6.45, 7) is 6.48. The summed E-state index contributed by atoms with van der Waals surface area (Å²) in [5.74, 6) is 2.63. The Morgan fingerprint density at radius 2 is 2.00 bits per heavy atom. The van der Waals surface area contributed by atoms with Gasteiger partial charge in [-0.3, -0.25) is 4.90 Å². The van der Waals surface area contributed by atoms with E-state index in [9.17, 15) is 5.11 Å². The van der Waals surface area contributed by atoms with Gasteiger partial charge < -0.3 is 23.9 Å². The summed E-state index contributed by atoms with van der Waals surface area (Å²) in [4.78, 5) is 6.56. The van der Waals surface area contributed by atoms with Crippen LogP contribution in [-0.4, -0.2) is 64.7 Å². The highest BCUT2D eigenvalue weighted by Crippen LogP contribution is 2.21. The van der Waals surface area contributed by atoms with Crippen molar-refractivity contribution in [2.45, 2.75) is 38.5 Å². The zero-order valence-corrected chi connectivity index (χ0v) is 21.0. The van der Waals surface area contributed by atoms with Gasteiger partial charge in [0.05, 0.1) is 19.8 Å². The minimum absolute atomic E-state index is 0.144. The van der Waals surface area contributed by atoms with Crippen LogP contribution in [0.2, 0.25) is 5.02 Å². The van der Waals surface area contributed by atoms with Crippen LogP contribution in [0.4, 0.5) is 0 Å². The molecule has 1 aromatic heterocycles. The molecule has 0 aliphatic carbocycles. The molecule has 1 aliphatic heterocycles. The van der Waals surface area contributed by atoms with Crippen LogP contribution in [0.15, 0.2) is 60.9 Å². The summed E-state index contributed by atoms with van der Waals surface area (Å²) in [5, 5.41) is 11.8. The van der Waals surface area contributed by atoms with E-state index in [2.05, 4.69) is 33.5 Å². The molecular formula is C27H34ClN3O4. The molecule has 0 amide bonds. The maximum absolute atomic E-state index is 11.2. The number of hydrogen-bond donors (Lipinski definition) is 1. The normalized spacial score (nSPS) is 18.8. The lowest BCUT2D eigenvalue weighted by Crippen LogP contribution is -2.48. The van der Waals surface area contributed by atoms with Crippen molar-refractivity contribution >= 4 is 11.6 Å². The number of benzene rings is 2. The van der Waals surface area contributed by atoms with Gasteiger partial charge in [0.1, 0.15) is 29.5 Å². The molecule has 3 aromatic rings. The number of ether oxygens (including phenoxy) is 3. The number of rotatable bonds is 11. The number of nitrogens with zero attached hydrogens (tertiary/aromatic N) is 3. The predicted molar refractivity (Wildman–Crippen MR) is 136 cm³/mol. The molecule has 1 N–H and O–H groups in total. The monoisotopic (exact) mass is 499 g/mol. The number of halogens is 1. The number of hydrogen-bond acceptors (Lipinski definition) is 6. The van der Waals surface area contributed by atoms with Crippen LogP contribution in [0.5, 0.6) is 11.5 Å². The smallest absolute Gasteiger partial charge is 0.134 e. The minimum Gasteiger partial charge on any atom is -0.494 e. The van der Waals surface area contributed by atoms with Crippen LogP contribution in [0.3, 0.4) is 0 Å². The Morgan fingerprint density at radius 1 is 1.14 bits per heavy atom. The van der Waals surface area contributed by atoms with Crippen LogP contribution in [0, 0.1) is 0 Å². The molecule has 2 heterocycles. The molecule has 1 saturated heterocycles. The van der Waals surface area contributed by atoms with E-state index in [0.717, 1.165) is 43.1 Å².